The van der Waals surface area contributed by atoms with Crippen molar-refractivity contribution in [2.75, 3.05) is 83.5 Å². The van der Waals surface area contributed by atoms with Crippen molar-refractivity contribution in [3.05, 3.63) is 74.8 Å². The third-order valence-corrected chi connectivity index (χ3v) is 6.74. The zero-order chi connectivity index (χ0) is 44.1. The number of nitrogens with two attached hydrogens (primary N) is 6. The molecular weight excluding hydrogens is 784 g/mol. The highest BCUT2D eigenvalue weighted by atomic mass is 19.4. The number of hydrogen-bond donors (Lipinski definition) is 7. The minimum atomic E-state index is -4.96. The number of carbonyl (C=O) groups is 2. The third-order valence-electron chi connectivity index (χ3n) is 6.74. The number of rotatable bonds is 14. The number of benzene rings is 3. The van der Waals surface area contributed by atoms with Crippen LogP contribution in [0.3, 0.4) is 0 Å². The number of alkyl halides is 6. The van der Waals surface area contributed by atoms with Gasteiger partial charge >= 0.3 is 24.2 Å². The average Bonchev–Trinajstić information content (AvgIpc) is 3.14. The topological polar surface area (TPSA) is 323 Å². The van der Waals surface area contributed by atoms with Crippen LogP contribution in [-0.4, -0.2) is 104 Å². The second-order valence-corrected chi connectivity index (χ2v) is 10.7. The molecule has 0 heterocycles. The van der Waals surface area contributed by atoms with Crippen LogP contribution >= 0.6 is 0 Å². The fourth-order valence-corrected chi connectivity index (χ4v) is 3.81. The molecule has 26 heteroatoms. The predicted molar refractivity (Wildman–Crippen MR) is 196 cm³/mol. The first-order chi connectivity index (χ1) is 26.5. The van der Waals surface area contributed by atoms with Crippen LogP contribution in [0.4, 0.5) is 60.5 Å². The van der Waals surface area contributed by atoms with Crippen molar-refractivity contribution in [1.29, 1.82) is 0 Å². The van der Waals surface area contributed by atoms with Crippen molar-refractivity contribution in [3.8, 4) is 17.2 Å². The van der Waals surface area contributed by atoms with Gasteiger partial charge in [-0.25, -0.2) is 0 Å². The monoisotopic (exact) mass is 827 g/mol. The van der Waals surface area contributed by atoms with Gasteiger partial charge in [0.15, 0.2) is 11.4 Å². The van der Waals surface area contributed by atoms with Gasteiger partial charge in [-0.1, -0.05) is 18.2 Å². The number of nitrogens with zero attached hydrogens (tertiary/aromatic N) is 4. The zero-order valence-corrected chi connectivity index (χ0v) is 30.6. The lowest BCUT2D eigenvalue weighted by Crippen LogP contribution is -2.40. The fraction of sp³-hybridized carbons (Fsp3) is 0.355. The summed E-state index contributed by atoms with van der Waals surface area (Å²) in [5, 5.41) is 24.1. The standard InChI is InChI=1S/C11H12F3N3O4.C11H14F3N3O2.C9H13N3O3.H4N2/c1-16(10(18)11(12,13)14)5-6-21-8-4-2-3-7(9(8)15)17(19)20;1-17(10(18)11(12,13)14)5-6-19-8-4-2-3-7(15)9(8)16;1-11-5-6-15-8-4-2-3-7(9(8)10)12(13)14;1-2/h2-4H,5-6,15H2,1H3;2-4H,5-6,15-16H2,1H3;2-4,11H,5-6,10H2,1H3;1-2H2. The Balaban J connectivity index is 0.000000817. The van der Waals surface area contributed by atoms with Gasteiger partial charge in [-0.15, -0.1) is 0 Å². The van der Waals surface area contributed by atoms with Crippen LogP contribution in [0.25, 0.3) is 0 Å². The summed E-state index contributed by atoms with van der Waals surface area (Å²) in [5.41, 5.74) is 22.1. The van der Waals surface area contributed by atoms with Crippen LogP contribution < -0.4 is 54.1 Å². The van der Waals surface area contributed by atoms with Crippen LogP contribution in [-0.2, 0) is 9.59 Å². The lowest BCUT2D eigenvalue weighted by atomic mass is 10.2. The second kappa shape index (κ2) is 24.1. The number of likely N-dealkylation sites (N-methyl/N-ethyl adjacent to an activating group) is 3. The molecule has 0 radical (unpaired) electrons. The number of nitrogens with one attached hydrogen (secondary N) is 1. The first-order valence-corrected chi connectivity index (χ1v) is 15.7. The highest BCUT2D eigenvalue weighted by Gasteiger charge is 2.41. The molecule has 3 aromatic rings. The van der Waals surface area contributed by atoms with E-state index in [1.54, 1.807) is 31.3 Å². The summed E-state index contributed by atoms with van der Waals surface area (Å²) in [6.07, 6.45) is -9.84. The molecule has 318 valence electrons. The van der Waals surface area contributed by atoms with Gasteiger partial charge in [0, 0.05) is 32.8 Å². The number of nitro benzene ring substituents is 2. The molecule has 13 N–H and O–H groups in total. The lowest BCUT2D eigenvalue weighted by Gasteiger charge is -2.19. The van der Waals surface area contributed by atoms with Crippen molar-refractivity contribution in [1.82, 2.24) is 15.1 Å². The molecule has 0 unspecified atom stereocenters. The summed E-state index contributed by atoms with van der Waals surface area (Å²) in [5.74, 6) is 4.67. The van der Waals surface area contributed by atoms with E-state index < -0.39 is 34.0 Å². The summed E-state index contributed by atoms with van der Waals surface area (Å²) >= 11 is 0. The number of para-hydroxylation sites is 3. The van der Waals surface area contributed by atoms with Gasteiger partial charge in [0.25, 0.3) is 11.4 Å². The molecule has 57 heavy (non-hydrogen) atoms. The number of nitro groups is 2. The van der Waals surface area contributed by atoms with E-state index >= 15 is 0 Å². The molecule has 0 saturated carbocycles. The Morgan fingerprint density at radius 3 is 1.32 bits per heavy atom. The van der Waals surface area contributed by atoms with Crippen LogP contribution in [0, 0.1) is 20.2 Å². The molecule has 0 aliphatic carbocycles. The van der Waals surface area contributed by atoms with Gasteiger partial charge in [-0.2, -0.15) is 26.3 Å². The van der Waals surface area contributed by atoms with Gasteiger partial charge < -0.3 is 52.3 Å². The molecule has 0 aromatic heterocycles. The minimum Gasteiger partial charge on any atom is -0.490 e. The molecule has 0 aliphatic rings. The molecule has 0 atom stereocenters. The molecule has 0 bridgehead atoms. The Labute approximate surface area is 320 Å². The van der Waals surface area contributed by atoms with Crippen LogP contribution in [0.1, 0.15) is 0 Å². The first kappa shape index (κ1) is 50.5. The van der Waals surface area contributed by atoms with Crippen molar-refractivity contribution in [2.45, 2.75) is 12.4 Å². The van der Waals surface area contributed by atoms with Crippen LogP contribution in [0.2, 0.25) is 0 Å². The van der Waals surface area contributed by atoms with Crippen molar-refractivity contribution < 1.29 is 60.0 Å². The maximum absolute atomic E-state index is 12.1. The van der Waals surface area contributed by atoms with E-state index in [1.165, 1.54) is 30.3 Å². The van der Waals surface area contributed by atoms with E-state index in [0.717, 1.165) is 14.1 Å². The lowest BCUT2D eigenvalue weighted by molar-refractivity contribution is -0.384. The predicted octanol–water partition coefficient (Wildman–Crippen LogP) is 2.42. The Morgan fingerprint density at radius 2 is 0.982 bits per heavy atom. The molecule has 20 nitrogen and oxygen atoms in total. The van der Waals surface area contributed by atoms with Gasteiger partial charge in [-0.3, -0.25) is 41.5 Å². The number of hydrazine groups is 1. The fourth-order valence-electron chi connectivity index (χ4n) is 3.81. The molecule has 3 aromatic carbocycles. The number of hydrogen-bond acceptors (Lipinski definition) is 16. The number of carbonyl (C=O) groups excluding carboxylic acids is 2. The Morgan fingerprint density at radius 1 is 0.649 bits per heavy atom. The van der Waals surface area contributed by atoms with Gasteiger partial charge in [-0.05, 0) is 31.3 Å². The van der Waals surface area contributed by atoms with E-state index in [9.17, 15) is 56.2 Å². The number of ether oxygens (including phenoxy) is 3. The molecule has 0 saturated heterocycles. The summed E-state index contributed by atoms with van der Waals surface area (Å²) in [4.78, 5) is 42.6. The zero-order valence-electron chi connectivity index (χ0n) is 30.6. The Kier molecular flexibility index (Phi) is 21.3. The maximum Gasteiger partial charge on any atom is 0.471 e. The normalized spacial score (nSPS) is 10.5. The number of nitrogen functional groups attached to an aromatic ring is 4. The van der Waals surface area contributed by atoms with E-state index in [1.807, 2.05) is 0 Å². The smallest absolute Gasteiger partial charge is 0.471 e. The molecular formula is C31H43F6N11O9. The summed E-state index contributed by atoms with van der Waals surface area (Å²) in [7, 11) is 3.80. The highest BCUT2D eigenvalue weighted by molar-refractivity contribution is 5.82. The highest BCUT2D eigenvalue weighted by Crippen LogP contribution is 2.32. The van der Waals surface area contributed by atoms with Crippen molar-refractivity contribution >= 4 is 45.9 Å². The average molecular weight is 828 g/mol. The van der Waals surface area contributed by atoms with E-state index in [0.29, 0.717) is 34.4 Å². The van der Waals surface area contributed by atoms with E-state index in [4.69, 9.17) is 37.1 Å². The molecule has 3 rings (SSSR count). The number of anilines is 4. The number of halogens is 6. The summed E-state index contributed by atoms with van der Waals surface area (Å²) < 4.78 is 88.2. The molecule has 0 spiro atoms. The quantitative estimate of drug-likeness (QED) is 0.0306. The Bertz CT molecular complexity index is 1770. The van der Waals surface area contributed by atoms with Crippen LogP contribution in [0.5, 0.6) is 17.2 Å². The van der Waals surface area contributed by atoms with Gasteiger partial charge in [0.05, 0.1) is 34.3 Å². The second-order valence-electron chi connectivity index (χ2n) is 10.7. The minimum absolute atomic E-state index is 0.0305. The number of amides is 2. The maximum atomic E-state index is 12.1. The van der Waals surface area contributed by atoms with Crippen molar-refractivity contribution in [3.63, 3.8) is 0 Å². The van der Waals surface area contributed by atoms with E-state index in [-0.39, 0.29) is 66.2 Å². The van der Waals surface area contributed by atoms with Gasteiger partial charge in [0.2, 0.25) is 0 Å². The molecule has 0 fully saturated rings. The van der Waals surface area contributed by atoms with E-state index in [2.05, 4.69) is 17.0 Å². The molecule has 2 amide bonds. The van der Waals surface area contributed by atoms with Crippen LogP contribution in [0.15, 0.2) is 54.6 Å². The largest absolute Gasteiger partial charge is 0.490 e. The molecule has 0 aliphatic heterocycles. The third kappa shape index (κ3) is 17.2. The van der Waals surface area contributed by atoms with Gasteiger partial charge in [0.1, 0.15) is 37.1 Å². The SMILES string of the molecule is CN(CCOc1cccc(N)c1N)C(=O)C(F)(F)F.CN(CCOc1cccc([N+](=O)[O-])c1N)C(=O)C(F)(F)F.CNCCOc1cccc([N+](=O)[O-])c1N.NN. The Hall–Kier alpha value is -6.54. The van der Waals surface area contributed by atoms with Crippen molar-refractivity contribution in [2.24, 2.45) is 11.7 Å². The summed E-state index contributed by atoms with van der Waals surface area (Å²) in [6.45, 7) is 0.104. The first-order valence-electron chi connectivity index (χ1n) is 15.7. The summed E-state index contributed by atoms with van der Waals surface area (Å²) in [6, 6.07) is 13.1.